The van der Waals surface area contributed by atoms with Gasteiger partial charge in [-0.05, 0) is 12.1 Å². The highest BCUT2D eigenvalue weighted by Gasteiger charge is 2.20. The van der Waals surface area contributed by atoms with Gasteiger partial charge in [-0.3, -0.25) is 9.71 Å². The minimum atomic E-state index is -3.94. The van der Waals surface area contributed by atoms with E-state index in [0.29, 0.717) is 0 Å². The van der Waals surface area contributed by atoms with Crippen molar-refractivity contribution in [3.63, 3.8) is 0 Å². The Morgan fingerprint density at radius 3 is 2.58 bits per heavy atom. The number of aromatic nitrogens is 2. The van der Waals surface area contributed by atoms with Crippen LogP contribution in [0.3, 0.4) is 0 Å². The highest BCUT2D eigenvalue weighted by Crippen LogP contribution is 2.31. The molecule has 0 bridgehead atoms. The first-order chi connectivity index (χ1) is 8.90. The van der Waals surface area contributed by atoms with Crippen LogP contribution in [0.4, 0.5) is 11.5 Å². The third-order valence-corrected chi connectivity index (χ3v) is 4.07. The van der Waals surface area contributed by atoms with E-state index >= 15 is 0 Å². The molecule has 0 fully saturated rings. The average Bonchev–Trinajstić information content (AvgIpc) is 2.34. The number of nitrogens with one attached hydrogen (secondary N) is 1. The van der Waals surface area contributed by atoms with E-state index in [-0.39, 0.29) is 26.4 Å². The fourth-order valence-electron chi connectivity index (χ4n) is 1.33. The van der Waals surface area contributed by atoms with E-state index in [1.165, 1.54) is 30.7 Å². The Morgan fingerprint density at radius 2 is 1.95 bits per heavy atom. The summed E-state index contributed by atoms with van der Waals surface area (Å²) in [6.45, 7) is 0. The zero-order chi connectivity index (χ0) is 14.0. The molecule has 0 aliphatic heterocycles. The van der Waals surface area contributed by atoms with Crippen molar-refractivity contribution in [1.82, 2.24) is 9.97 Å². The molecule has 19 heavy (non-hydrogen) atoms. The van der Waals surface area contributed by atoms with Gasteiger partial charge in [0.1, 0.15) is 4.90 Å². The molecular formula is C10H8Cl2N4O2S. The standard InChI is InChI=1S/C10H8Cl2N4O2S/c11-6-3-7(12)10(13)8(4-6)19(17,18)16-9-5-14-1-2-15-9/h1-5H,13H2,(H,15,16). The van der Waals surface area contributed by atoms with Gasteiger partial charge >= 0.3 is 0 Å². The molecule has 9 heteroatoms. The molecule has 100 valence electrons. The first kappa shape index (κ1) is 13.9. The van der Waals surface area contributed by atoms with Gasteiger partial charge in [-0.15, -0.1) is 0 Å². The Kier molecular flexibility index (Phi) is 3.79. The Bertz CT molecular complexity index is 707. The molecule has 1 heterocycles. The zero-order valence-corrected chi connectivity index (χ0v) is 11.7. The van der Waals surface area contributed by atoms with E-state index in [1.54, 1.807) is 0 Å². The van der Waals surface area contributed by atoms with Crippen molar-refractivity contribution in [2.75, 3.05) is 10.5 Å². The molecule has 0 amide bonds. The first-order valence-electron chi connectivity index (χ1n) is 4.93. The second-order valence-electron chi connectivity index (χ2n) is 3.50. The lowest BCUT2D eigenvalue weighted by Gasteiger charge is -2.10. The Hall–Kier alpha value is -1.57. The number of anilines is 2. The van der Waals surface area contributed by atoms with Crippen molar-refractivity contribution >= 4 is 44.7 Å². The normalized spacial score (nSPS) is 11.3. The van der Waals surface area contributed by atoms with E-state index in [1.807, 2.05) is 0 Å². The van der Waals surface area contributed by atoms with Gasteiger partial charge in [0.15, 0.2) is 5.82 Å². The summed E-state index contributed by atoms with van der Waals surface area (Å²) in [5, 5.41) is 0.228. The van der Waals surface area contributed by atoms with Gasteiger partial charge in [0, 0.05) is 17.4 Å². The van der Waals surface area contributed by atoms with E-state index in [4.69, 9.17) is 28.9 Å². The number of hydrogen-bond acceptors (Lipinski definition) is 5. The summed E-state index contributed by atoms with van der Waals surface area (Å²) >= 11 is 11.6. The topological polar surface area (TPSA) is 98.0 Å². The zero-order valence-electron chi connectivity index (χ0n) is 9.34. The summed E-state index contributed by atoms with van der Waals surface area (Å²) in [5.74, 6) is 0.0676. The van der Waals surface area contributed by atoms with Crippen LogP contribution in [0.25, 0.3) is 0 Å². The summed E-state index contributed by atoms with van der Waals surface area (Å²) in [6.07, 6.45) is 4.04. The third kappa shape index (κ3) is 3.06. The minimum Gasteiger partial charge on any atom is -0.396 e. The van der Waals surface area contributed by atoms with Gasteiger partial charge in [0.2, 0.25) is 0 Å². The molecule has 0 atom stereocenters. The molecule has 6 nitrogen and oxygen atoms in total. The van der Waals surface area contributed by atoms with Crippen molar-refractivity contribution in [1.29, 1.82) is 0 Å². The summed E-state index contributed by atoms with van der Waals surface area (Å²) in [4.78, 5) is 7.34. The van der Waals surface area contributed by atoms with Gasteiger partial charge in [-0.25, -0.2) is 13.4 Å². The van der Waals surface area contributed by atoms with E-state index < -0.39 is 10.0 Å². The van der Waals surface area contributed by atoms with Crippen LogP contribution in [-0.2, 0) is 10.0 Å². The monoisotopic (exact) mass is 318 g/mol. The number of nitrogens with two attached hydrogens (primary N) is 1. The van der Waals surface area contributed by atoms with E-state index in [9.17, 15) is 8.42 Å². The molecule has 2 aromatic rings. The molecule has 0 aliphatic carbocycles. The second kappa shape index (κ2) is 5.20. The summed E-state index contributed by atoms with van der Waals surface area (Å²) < 4.78 is 26.5. The number of nitrogens with zero attached hydrogens (tertiary/aromatic N) is 2. The predicted molar refractivity (Wildman–Crippen MR) is 73.7 cm³/mol. The summed E-state index contributed by atoms with van der Waals surface area (Å²) in [7, 11) is -3.94. The lowest BCUT2D eigenvalue weighted by molar-refractivity contribution is 0.601. The molecule has 1 aromatic carbocycles. The Balaban J connectivity index is 2.46. The largest absolute Gasteiger partial charge is 0.396 e. The number of hydrogen-bond donors (Lipinski definition) is 2. The summed E-state index contributed by atoms with van der Waals surface area (Å²) in [5.41, 5.74) is 5.56. The molecule has 0 aliphatic rings. The smallest absolute Gasteiger partial charge is 0.265 e. The first-order valence-corrected chi connectivity index (χ1v) is 7.17. The van der Waals surface area contributed by atoms with Crippen LogP contribution >= 0.6 is 23.2 Å². The minimum absolute atomic E-state index is 0.0621. The van der Waals surface area contributed by atoms with Gasteiger partial charge < -0.3 is 5.73 Å². The molecule has 0 unspecified atom stereocenters. The molecule has 2 rings (SSSR count). The lowest BCUT2D eigenvalue weighted by Crippen LogP contribution is -2.16. The van der Waals surface area contributed by atoms with Gasteiger partial charge in [0.25, 0.3) is 10.0 Å². The van der Waals surface area contributed by atoms with Crippen molar-refractivity contribution in [3.8, 4) is 0 Å². The van der Waals surface area contributed by atoms with Crippen LogP contribution in [0.1, 0.15) is 0 Å². The fourth-order valence-corrected chi connectivity index (χ4v) is 3.11. The quantitative estimate of drug-likeness (QED) is 0.845. The molecule has 3 N–H and O–H groups in total. The highest BCUT2D eigenvalue weighted by molar-refractivity contribution is 7.92. The van der Waals surface area contributed by atoms with Crippen molar-refractivity contribution < 1.29 is 8.42 Å². The van der Waals surface area contributed by atoms with Crippen molar-refractivity contribution in [3.05, 3.63) is 40.8 Å². The maximum atomic E-state index is 12.2. The molecule has 0 radical (unpaired) electrons. The van der Waals surface area contributed by atoms with E-state index in [2.05, 4.69) is 14.7 Å². The second-order valence-corrected chi connectivity index (χ2v) is 5.99. The molecular weight excluding hydrogens is 311 g/mol. The number of nitrogen functional groups attached to an aromatic ring is 1. The Morgan fingerprint density at radius 1 is 1.21 bits per heavy atom. The third-order valence-electron chi connectivity index (χ3n) is 2.15. The van der Waals surface area contributed by atoms with Crippen molar-refractivity contribution in [2.24, 2.45) is 0 Å². The van der Waals surface area contributed by atoms with Crippen LogP contribution in [0.15, 0.2) is 35.6 Å². The highest BCUT2D eigenvalue weighted by atomic mass is 35.5. The van der Waals surface area contributed by atoms with Crippen LogP contribution in [0.2, 0.25) is 10.0 Å². The van der Waals surface area contributed by atoms with Gasteiger partial charge in [0.05, 0.1) is 16.9 Å². The predicted octanol–water partition coefficient (Wildman–Crippen LogP) is 2.17. The maximum absolute atomic E-state index is 12.2. The SMILES string of the molecule is Nc1c(Cl)cc(Cl)cc1S(=O)(=O)Nc1cnccn1. The molecule has 0 saturated heterocycles. The van der Waals surface area contributed by atoms with Crippen LogP contribution < -0.4 is 10.5 Å². The van der Waals surface area contributed by atoms with Crippen LogP contribution in [0, 0.1) is 0 Å². The number of rotatable bonds is 3. The number of sulfonamides is 1. The van der Waals surface area contributed by atoms with Gasteiger partial charge in [-0.1, -0.05) is 23.2 Å². The average molecular weight is 319 g/mol. The molecule has 0 saturated carbocycles. The van der Waals surface area contributed by atoms with Crippen molar-refractivity contribution in [2.45, 2.75) is 4.90 Å². The number of halogens is 2. The molecule has 1 aromatic heterocycles. The fraction of sp³-hybridized carbons (Fsp3) is 0. The van der Waals surface area contributed by atoms with Crippen LogP contribution in [-0.4, -0.2) is 18.4 Å². The van der Waals surface area contributed by atoms with E-state index in [0.717, 1.165) is 0 Å². The molecule has 0 spiro atoms. The Labute approximate surface area is 119 Å². The maximum Gasteiger partial charge on any atom is 0.265 e. The lowest BCUT2D eigenvalue weighted by atomic mass is 10.3. The summed E-state index contributed by atoms with van der Waals surface area (Å²) in [6, 6.07) is 2.57. The van der Waals surface area contributed by atoms with Crippen LogP contribution in [0.5, 0.6) is 0 Å². The van der Waals surface area contributed by atoms with Gasteiger partial charge in [-0.2, -0.15) is 0 Å². The number of benzene rings is 1.